The molecule has 1 aromatic heterocycles. The molecule has 0 N–H and O–H groups in total. The molecule has 1 aliphatic carbocycles. The highest BCUT2D eigenvalue weighted by atomic mass is 35.5. The lowest BCUT2D eigenvalue weighted by Crippen LogP contribution is -2.15. The number of benzene rings is 2. The third-order valence-corrected chi connectivity index (χ3v) is 6.26. The molecule has 0 radical (unpaired) electrons. The minimum absolute atomic E-state index is 0.229. The van der Waals surface area contributed by atoms with Gasteiger partial charge in [-0.15, -0.1) is 0 Å². The monoisotopic (exact) mass is 499 g/mol. The highest BCUT2D eigenvalue weighted by molar-refractivity contribution is 6.35. The van der Waals surface area contributed by atoms with Crippen molar-refractivity contribution < 1.29 is 23.8 Å². The molecule has 0 spiro atoms. The van der Waals surface area contributed by atoms with Crippen molar-refractivity contribution in [1.29, 1.82) is 0 Å². The van der Waals surface area contributed by atoms with Crippen LogP contribution in [-0.4, -0.2) is 31.0 Å². The molecule has 6 nitrogen and oxygen atoms in total. The van der Waals surface area contributed by atoms with Crippen LogP contribution in [0.4, 0.5) is 0 Å². The molecule has 0 aliphatic heterocycles. The largest absolute Gasteiger partial charge is 0.493 e. The van der Waals surface area contributed by atoms with Crippen LogP contribution in [0, 0.1) is 5.92 Å². The number of aromatic nitrogens is 1. The van der Waals surface area contributed by atoms with Gasteiger partial charge in [-0.1, -0.05) is 41.4 Å². The smallest absolute Gasteiger partial charge is 0.338 e. The summed E-state index contributed by atoms with van der Waals surface area (Å²) < 4.78 is 17.4. The molecule has 34 heavy (non-hydrogen) atoms. The lowest BCUT2D eigenvalue weighted by Gasteiger charge is -2.21. The van der Waals surface area contributed by atoms with Crippen molar-refractivity contribution in [2.24, 2.45) is 5.92 Å². The van der Waals surface area contributed by atoms with Crippen LogP contribution < -0.4 is 9.47 Å². The van der Waals surface area contributed by atoms with Gasteiger partial charge in [0.25, 0.3) is 0 Å². The van der Waals surface area contributed by atoms with Gasteiger partial charge in [-0.25, -0.2) is 4.79 Å². The van der Waals surface area contributed by atoms with Crippen LogP contribution in [0.3, 0.4) is 0 Å². The highest BCUT2D eigenvalue weighted by Crippen LogP contribution is 2.37. The van der Waals surface area contributed by atoms with Crippen molar-refractivity contribution in [1.82, 2.24) is 4.98 Å². The Labute approximate surface area is 207 Å². The Hall–Kier alpha value is -3.09. The van der Waals surface area contributed by atoms with Gasteiger partial charge in [-0.2, -0.15) is 0 Å². The number of rotatable bonds is 10. The Morgan fingerprint density at radius 3 is 2.41 bits per heavy atom. The molecule has 176 valence electrons. The van der Waals surface area contributed by atoms with Crippen LogP contribution in [0.25, 0.3) is 0 Å². The van der Waals surface area contributed by atoms with Gasteiger partial charge in [0, 0.05) is 24.4 Å². The second-order valence-electron chi connectivity index (χ2n) is 8.08. The normalized spacial score (nSPS) is 13.7. The van der Waals surface area contributed by atoms with E-state index in [9.17, 15) is 9.59 Å². The zero-order valence-electron chi connectivity index (χ0n) is 18.5. The number of aldehydes is 1. The summed E-state index contributed by atoms with van der Waals surface area (Å²) in [7, 11) is 1.58. The Bertz CT molecular complexity index is 1160. The Kier molecular flexibility index (Phi) is 7.70. The molecule has 0 amide bonds. The number of pyridine rings is 1. The summed E-state index contributed by atoms with van der Waals surface area (Å²) in [4.78, 5) is 27.9. The molecule has 3 aromatic rings. The molecule has 1 saturated carbocycles. The van der Waals surface area contributed by atoms with Gasteiger partial charge in [-0.3, -0.25) is 9.78 Å². The second kappa shape index (κ2) is 10.9. The summed E-state index contributed by atoms with van der Waals surface area (Å²) in [5, 5.41) is 0.755. The topological polar surface area (TPSA) is 74.7 Å². The molecule has 2 aromatic carbocycles. The molecule has 0 saturated heterocycles. The van der Waals surface area contributed by atoms with Crippen LogP contribution in [-0.2, 0) is 11.2 Å². The summed E-state index contributed by atoms with van der Waals surface area (Å²) in [6.07, 6.45) is 5.54. The van der Waals surface area contributed by atoms with Crippen LogP contribution >= 0.6 is 23.2 Å². The summed E-state index contributed by atoms with van der Waals surface area (Å²) >= 11 is 12.7. The Morgan fingerprint density at radius 1 is 1.09 bits per heavy atom. The number of esters is 1. The van der Waals surface area contributed by atoms with Crippen molar-refractivity contribution in [2.75, 3.05) is 13.7 Å². The zero-order valence-corrected chi connectivity index (χ0v) is 20.0. The molecule has 1 aliphatic rings. The SMILES string of the molecule is COc1ccc(C(Cc2c(Cl)cncc2Cl)OC(=O)c2ccc(C=O)cc2)cc1OCC1CC1. The first-order valence-corrected chi connectivity index (χ1v) is 11.6. The number of methoxy groups -OCH3 is 1. The first-order valence-electron chi connectivity index (χ1n) is 10.8. The maximum Gasteiger partial charge on any atom is 0.338 e. The van der Waals surface area contributed by atoms with E-state index in [-0.39, 0.29) is 6.42 Å². The molecule has 8 heteroatoms. The standard InChI is InChI=1S/C26H23Cl2NO5/c1-32-23-9-8-19(10-25(23)33-15-17-2-3-17)24(11-20-21(27)12-29-13-22(20)28)34-26(31)18-6-4-16(14-30)5-7-18/h4-10,12-14,17,24H,2-3,11,15H2,1H3. The molecule has 4 rings (SSSR count). The number of ether oxygens (including phenoxy) is 3. The maximum absolute atomic E-state index is 13.0. The molecule has 1 atom stereocenters. The molecule has 1 fully saturated rings. The first kappa shape index (κ1) is 24.0. The molecule has 1 unspecified atom stereocenters. The summed E-state index contributed by atoms with van der Waals surface area (Å²) in [5.74, 6) is 1.19. The number of carbonyl (C=O) groups is 2. The van der Waals surface area contributed by atoms with E-state index in [0.717, 1.165) is 12.8 Å². The fraction of sp³-hybridized carbons (Fsp3) is 0.269. The number of hydrogen-bond donors (Lipinski definition) is 0. The molecule has 1 heterocycles. The molecular weight excluding hydrogens is 477 g/mol. The summed E-state index contributed by atoms with van der Waals surface area (Å²) in [6.45, 7) is 0.607. The number of hydrogen-bond acceptors (Lipinski definition) is 6. The van der Waals surface area contributed by atoms with E-state index in [0.29, 0.717) is 62.6 Å². The Morgan fingerprint density at radius 2 is 1.79 bits per heavy atom. The quantitative estimate of drug-likeness (QED) is 0.246. The highest BCUT2D eigenvalue weighted by Gasteiger charge is 2.25. The van der Waals surface area contributed by atoms with Gasteiger partial charge in [0.1, 0.15) is 12.4 Å². The maximum atomic E-state index is 13.0. The minimum atomic E-state index is -0.718. The predicted molar refractivity (Wildman–Crippen MR) is 129 cm³/mol. The van der Waals surface area contributed by atoms with Gasteiger partial charge >= 0.3 is 5.97 Å². The summed E-state index contributed by atoms with van der Waals surface area (Å²) in [6, 6.07) is 11.6. The van der Waals surface area contributed by atoms with Gasteiger partial charge in [0.05, 0.1) is 29.3 Å². The summed E-state index contributed by atoms with van der Waals surface area (Å²) in [5.41, 5.74) is 2.11. The minimum Gasteiger partial charge on any atom is -0.493 e. The van der Waals surface area contributed by atoms with Crippen molar-refractivity contribution >= 4 is 35.5 Å². The van der Waals surface area contributed by atoms with E-state index >= 15 is 0 Å². The number of nitrogens with zero attached hydrogens (tertiary/aromatic N) is 1. The van der Waals surface area contributed by atoms with Gasteiger partial charge in [-0.05, 0) is 54.2 Å². The van der Waals surface area contributed by atoms with Crippen LogP contribution in [0.2, 0.25) is 10.0 Å². The van der Waals surface area contributed by atoms with E-state index in [1.807, 2.05) is 12.1 Å². The molecular formula is C26H23Cl2NO5. The lowest BCUT2D eigenvalue weighted by molar-refractivity contribution is 0.0296. The van der Waals surface area contributed by atoms with E-state index in [1.54, 1.807) is 37.4 Å². The van der Waals surface area contributed by atoms with Crippen LogP contribution in [0.15, 0.2) is 54.9 Å². The van der Waals surface area contributed by atoms with Crippen LogP contribution in [0.5, 0.6) is 11.5 Å². The van der Waals surface area contributed by atoms with Crippen molar-refractivity contribution in [3.63, 3.8) is 0 Å². The third kappa shape index (κ3) is 5.88. The van der Waals surface area contributed by atoms with Gasteiger partial charge < -0.3 is 14.2 Å². The van der Waals surface area contributed by atoms with E-state index < -0.39 is 12.1 Å². The number of halogens is 2. The fourth-order valence-corrected chi connectivity index (χ4v) is 3.96. The van der Waals surface area contributed by atoms with Crippen molar-refractivity contribution in [3.05, 3.63) is 87.2 Å². The zero-order chi connectivity index (χ0) is 24.1. The average Bonchev–Trinajstić information content (AvgIpc) is 3.68. The predicted octanol–water partition coefficient (Wildman–Crippen LogP) is 6.14. The fourth-order valence-electron chi connectivity index (χ4n) is 3.44. The first-order chi connectivity index (χ1) is 16.5. The van der Waals surface area contributed by atoms with Crippen molar-refractivity contribution in [2.45, 2.75) is 25.4 Å². The van der Waals surface area contributed by atoms with Gasteiger partial charge in [0.2, 0.25) is 0 Å². The second-order valence-corrected chi connectivity index (χ2v) is 8.90. The third-order valence-electron chi connectivity index (χ3n) is 5.60. The Balaban J connectivity index is 1.65. The van der Waals surface area contributed by atoms with E-state index in [2.05, 4.69) is 4.98 Å². The molecule has 0 bridgehead atoms. The average molecular weight is 500 g/mol. The number of carbonyl (C=O) groups excluding carboxylic acids is 2. The van der Waals surface area contributed by atoms with Crippen LogP contribution in [0.1, 0.15) is 50.8 Å². The lowest BCUT2D eigenvalue weighted by atomic mass is 10.0. The van der Waals surface area contributed by atoms with E-state index in [1.165, 1.54) is 12.4 Å². The van der Waals surface area contributed by atoms with E-state index in [4.69, 9.17) is 37.4 Å². The van der Waals surface area contributed by atoms with Crippen molar-refractivity contribution in [3.8, 4) is 11.5 Å². The van der Waals surface area contributed by atoms with Gasteiger partial charge in [0.15, 0.2) is 11.5 Å².